The molecule has 2 aromatic rings. The Labute approximate surface area is 128 Å². The van der Waals surface area contributed by atoms with Crippen LogP contribution in [0.4, 0.5) is 0 Å². The molecule has 0 unspecified atom stereocenters. The largest absolute Gasteiger partial charge is 0.508 e. The van der Waals surface area contributed by atoms with Gasteiger partial charge in [0.2, 0.25) is 0 Å². The molecule has 0 aliphatic heterocycles. The third-order valence-electron chi connectivity index (χ3n) is 2.89. The first-order valence-electron chi connectivity index (χ1n) is 6.48. The maximum Gasteiger partial charge on any atom is 0.271 e. The molecule has 6 nitrogen and oxygen atoms in total. The third kappa shape index (κ3) is 3.99. The quantitative estimate of drug-likeness (QED) is 0.655. The Kier molecular flexibility index (Phi) is 4.98. The van der Waals surface area contributed by atoms with E-state index < -0.39 is 0 Å². The van der Waals surface area contributed by atoms with Crippen molar-refractivity contribution in [3.05, 3.63) is 53.6 Å². The van der Waals surface area contributed by atoms with Crippen LogP contribution in [0.1, 0.15) is 15.9 Å². The minimum atomic E-state index is -0.382. The summed E-state index contributed by atoms with van der Waals surface area (Å²) in [5.74, 6) is 0.830. The monoisotopic (exact) mass is 300 g/mol. The SMILES string of the molecule is COc1cc(OC)cc(C(=O)N/N=C/c2ccc(O)cc2)c1. The van der Waals surface area contributed by atoms with Crippen molar-refractivity contribution in [2.45, 2.75) is 0 Å². The molecular weight excluding hydrogens is 284 g/mol. The fraction of sp³-hybridized carbons (Fsp3) is 0.125. The number of aromatic hydroxyl groups is 1. The van der Waals surface area contributed by atoms with Crippen molar-refractivity contribution < 1.29 is 19.4 Å². The van der Waals surface area contributed by atoms with Crippen molar-refractivity contribution in [3.63, 3.8) is 0 Å². The number of benzene rings is 2. The van der Waals surface area contributed by atoms with E-state index >= 15 is 0 Å². The van der Waals surface area contributed by atoms with Crippen molar-refractivity contribution >= 4 is 12.1 Å². The first-order valence-corrected chi connectivity index (χ1v) is 6.48. The molecule has 0 bridgehead atoms. The van der Waals surface area contributed by atoms with Crippen LogP contribution in [0.3, 0.4) is 0 Å². The zero-order chi connectivity index (χ0) is 15.9. The number of hydrogen-bond acceptors (Lipinski definition) is 5. The average molecular weight is 300 g/mol. The van der Waals surface area contributed by atoms with Gasteiger partial charge >= 0.3 is 0 Å². The van der Waals surface area contributed by atoms with E-state index in [0.29, 0.717) is 17.1 Å². The van der Waals surface area contributed by atoms with Crippen molar-refractivity contribution in [1.29, 1.82) is 0 Å². The van der Waals surface area contributed by atoms with Gasteiger partial charge in [-0.2, -0.15) is 5.10 Å². The molecule has 0 fully saturated rings. The van der Waals surface area contributed by atoms with Crippen LogP contribution in [-0.4, -0.2) is 31.4 Å². The summed E-state index contributed by atoms with van der Waals surface area (Å²) in [6.45, 7) is 0. The lowest BCUT2D eigenvalue weighted by atomic mass is 10.2. The van der Waals surface area contributed by atoms with Crippen LogP contribution in [0.2, 0.25) is 0 Å². The summed E-state index contributed by atoms with van der Waals surface area (Å²) in [5, 5.41) is 13.1. The number of phenolic OH excluding ortho intramolecular Hbond substituents is 1. The van der Waals surface area contributed by atoms with E-state index in [0.717, 1.165) is 5.56 Å². The van der Waals surface area contributed by atoms with Crippen LogP contribution in [0.25, 0.3) is 0 Å². The van der Waals surface area contributed by atoms with E-state index in [9.17, 15) is 9.90 Å². The normalized spacial score (nSPS) is 10.5. The second kappa shape index (κ2) is 7.12. The van der Waals surface area contributed by atoms with Gasteiger partial charge in [-0.25, -0.2) is 5.43 Å². The van der Waals surface area contributed by atoms with Gasteiger partial charge in [-0.1, -0.05) is 0 Å². The number of nitrogens with zero attached hydrogens (tertiary/aromatic N) is 1. The summed E-state index contributed by atoms with van der Waals surface area (Å²) in [5.41, 5.74) is 3.55. The van der Waals surface area contributed by atoms with Gasteiger partial charge in [-0.05, 0) is 42.0 Å². The lowest BCUT2D eigenvalue weighted by Crippen LogP contribution is -2.17. The van der Waals surface area contributed by atoms with Crippen molar-refractivity contribution in [1.82, 2.24) is 5.43 Å². The maximum absolute atomic E-state index is 12.0. The molecule has 22 heavy (non-hydrogen) atoms. The number of carbonyl (C=O) groups excluding carboxylic acids is 1. The first kappa shape index (κ1) is 15.4. The van der Waals surface area contributed by atoms with Crippen LogP contribution in [0.15, 0.2) is 47.6 Å². The van der Waals surface area contributed by atoms with Crippen LogP contribution in [0, 0.1) is 0 Å². The number of rotatable bonds is 5. The van der Waals surface area contributed by atoms with E-state index in [2.05, 4.69) is 10.5 Å². The molecule has 6 heteroatoms. The Hall–Kier alpha value is -3.02. The number of nitrogens with one attached hydrogen (secondary N) is 1. The number of methoxy groups -OCH3 is 2. The number of hydrogen-bond donors (Lipinski definition) is 2. The summed E-state index contributed by atoms with van der Waals surface area (Å²) in [6, 6.07) is 11.3. The smallest absolute Gasteiger partial charge is 0.271 e. The Morgan fingerprint density at radius 1 is 1.09 bits per heavy atom. The van der Waals surface area contributed by atoms with E-state index in [1.807, 2.05) is 0 Å². The predicted octanol–water partition coefficient (Wildman–Crippen LogP) is 2.17. The van der Waals surface area contributed by atoms with Gasteiger partial charge in [0.15, 0.2) is 0 Å². The van der Waals surface area contributed by atoms with Gasteiger partial charge in [-0.3, -0.25) is 4.79 Å². The second-order valence-electron chi connectivity index (χ2n) is 4.39. The minimum absolute atomic E-state index is 0.171. The van der Waals surface area contributed by atoms with Crippen LogP contribution in [0.5, 0.6) is 17.2 Å². The Morgan fingerprint density at radius 3 is 2.23 bits per heavy atom. The standard InChI is InChI=1S/C16H16N2O4/c1-21-14-7-12(8-15(9-14)22-2)16(20)18-17-10-11-3-5-13(19)6-4-11/h3-10,19H,1-2H3,(H,18,20)/b17-10+. The summed E-state index contributed by atoms with van der Waals surface area (Å²) in [4.78, 5) is 12.0. The Bertz CT molecular complexity index is 659. The zero-order valence-corrected chi connectivity index (χ0v) is 12.2. The highest BCUT2D eigenvalue weighted by molar-refractivity contribution is 5.95. The van der Waals surface area contributed by atoms with E-state index in [-0.39, 0.29) is 11.7 Å². The van der Waals surface area contributed by atoms with Crippen LogP contribution >= 0.6 is 0 Å². The van der Waals surface area contributed by atoms with Crippen LogP contribution in [-0.2, 0) is 0 Å². The molecule has 2 rings (SSSR count). The zero-order valence-electron chi connectivity index (χ0n) is 12.2. The van der Waals surface area contributed by atoms with Gasteiger partial charge in [0.25, 0.3) is 5.91 Å². The predicted molar refractivity (Wildman–Crippen MR) is 82.7 cm³/mol. The fourth-order valence-corrected chi connectivity index (χ4v) is 1.73. The summed E-state index contributed by atoms with van der Waals surface area (Å²) >= 11 is 0. The van der Waals surface area contributed by atoms with E-state index in [1.54, 1.807) is 30.3 Å². The second-order valence-corrected chi connectivity index (χ2v) is 4.39. The lowest BCUT2D eigenvalue weighted by molar-refractivity contribution is 0.0954. The average Bonchev–Trinajstić information content (AvgIpc) is 2.56. The summed E-state index contributed by atoms with van der Waals surface area (Å²) in [6.07, 6.45) is 1.48. The molecule has 0 spiro atoms. The minimum Gasteiger partial charge on any atom is -0.508 e. The molecule has 0 aliphatic carbocycles. The molecule has 1 amide bonds. The highest BCUT2D eigenvalue weighted by atomic mass is 16.5. The molecule has 2 aromatic carbocycles. The number of amides is 1. The number of ether oxygens (including phenoxy) is 2. The van der Waals surface area contributed by atoms with Crippen molar-refractivity contribution in [2.24, 2.45) is 5.10 Å². The van der Waals surface area contributed by atoms with E-state index in [1.165, 1.54) is 32.6 Å². The van der Waals surface area contributed by atoms with Gasteiger partial charge in [0, 0.05) is 11.6 Å². The highest BCUT2D eigenvalue weighted by Gasteiger charge is 2.08. The molecule has 0 heterocycles. The fourth-order valence-electron chi connectivity index (χ4n) is 1.73. The van der Waals surface area contributed by atoms with Crippen LogP contribution < -0.4 is 14.9 Å². The van der Waals surface area contributed by atoms with Gasteiger partial charge in [0.05, 0.1) is 20.4 Å². The molecule has 0 radical (unpaired) electrons. The molecule has 114 valence electrons. The Morgan fingerprint density at radius 2 is 1.68 bits per heavy atom. The number of carbonyl (C=O) groups is 1. The molecule has 0 aliphatic rings. The van der Waals surface area contributed by atoms with Crippen molar-refractivity contribution in [2.75, 3.05) is 14.2 Å². The summed E-state index contributed by atoms with van der Waals surface area (Å²) in [7, 11) is 3.03. The molecule has 0 saturated carbocycles. The number of hydrazone groups is 1. The maximum atomic E-state index is 12.0. The van der Waals surface area contributed by atoms with E-state index in [4.69, 9.17) is 9.47 Å². The highest BCUT2D eigenvalue weighted by Crippen LogP contribution is 2.22. The van der Waals surface area contributed by atoms with Gasteiger partial charge in [0.1, 0.15) is 17.2 Å². The lowest BCUT2D eigenvalue weighted by Gasteiger charge is -2.07. The van der Waals surface area contributed by atoms with Crippen molar-refractivity contribution in [3.8, 4) is 17.2 Å². The topological polar surface area (TPSA) is 80.2 Å². The number of phenols is 1. The third-order valence-corrected chi connectivity index (χ3v) is 2.89. The molecule has 0 saturated heterocycles. The van der Waals surface area contributed by atoms with Gasteiger partial charge in [-0.15, -0.1) is 0 Å². The molecular formula is C16H16N2O4. The summed E-state index contributed by atoms with van der Waals surface area (Å²) < 4.78 is 10.2. The molecule has 0 atom stereocenters. The molecule has 0 aromatic heterocycles. The molecule has 2 N–H and O–H groups in total. The Balaban J connectivity index is 2.07. The first-order chi connectivity index (χ1) is 10.6. The van der Waals surface area contributed by atoms with Gasteiger partial charge < -0.3 is 14.6 Å².